The molecule has 0 saturated carbocycles. The van der Waals surface area contributed by atoms with Gasteiger partial charge in [0.05, 0.1) is 11.8 Å². The molecular weight excluding hydrogens is 330 g/mol. The Bertz CT molecular complexity index is 653. The Hall–Kier alpha value is -1.60. The molecule has 1 heterocycles. The maximum Gasteiger partial charge on any atom is 0.230 e. The van der Waals surface area contributed by atoms with Crippen LogP contribution in [0, 0.1) is 20.8 Å². The zero-order chi connectivity index (χ0) is 16.8. The maximum absolute atomic E-state index is 11.9. The monoisotopic (exact) mass is 351 g/mol. The quantitative estimate of drug-likeness (QED) is 0.777. The highest BCUT2D eigenvalue weighted by atomic mass is 32.2. The van der Waals surface area contributed by atoms with Gasteiger partial charge in [0.15, 0.2) is 4.34 Å². The molecular formula is C16H21N3O2S2. The minimum atomic E-state index is -0.0572. The molecule has 1 aromatic heterocycles. The van der Waals surface area contributed by atoms with E-state index in [1.54, 1.807) is 0 Å². The second kappa shape index (κ2) is 8.31. The predicted octanol–water partition coefficient (Wildman–Crippen LogP) is 3.14. The Morgan fingerprint density at radius 2 is 2.00 bits per heavy atom. The molecule has 0 spiro atoms. The molecule has 0 aliphatic rings. The molecule has 124 valence electrons. The van der Waals surface area contributed by atoms with Crippen molar-refractivity contribution < 1.29 is 9.53 Å². The molecule has 0 saturated heterocycles. The van der Waals surface area contributed by atoms with E-state index < -0.39 is 0 Å². The standard InChI is InChI=1S/C16H21N3O2S2/c1-10-6-5-7-11(2)15(10)21-8-12(3)17-14(20)9-22-16-19-18-13(4)23-16/h5-7,12H,8-9H2,1-4H3,(H,17,20)/t12-/m1/s1. The number of nitrogens with zero attached hydrogens (tertiary/aromatic N) is 2. The van der Waals surface area contributed by atoms with E-state index in [4.69, 9.17) is 4.74 Å². The molecule has 2 aromatic rings. The average molecular weight is 351 g/mol. The number of hydrogen-bond donors (Lipinski definition) is 1. The van der Waals surface area contributed by atoms with Crippen LogP contribution in [0.5, 0.6) is 5.75 Å². The number of benzene rings is 1. The van der Waals surface area contributed by atoms with Crippen LogP contribution in [0.1, 0.15) is 23.1 Å². The molecule has 1 atom stereocenters. The number of rotatable bonds is 7. The molecule has 0 aliphatic heterocycles. The van der Waals surface area contributed by atoms with Crippen molar-refractivity contribution in [3.05, 3.63) is 34.3 Å². The third kappa shape index (κ3) is 5.51. The van der Waals surface area contributed by atoms with Gasteiger partial charge in [-0.15, -0.1) is 10.2 Å². The molecule has 7 heteroatoms. The van der Waals surface area contributed by atoms with Crippen molar-refractivity contribution in [1.82, 2.24) is 15.5 Å². The van der Waals surface area contributed by atoms with Gasteiger partial charge >= 0.3 is 0 Å². The van der Waals surface area contributed by atoms with Crippen molar-refractivity contribution in [1.29, 1.82) is 0 Å². The molecule has 1 aromatic carbocycles. The van der Waals surface area contributed by atoms with E-state index in [0.29, 0.717) is 12.4 Å². The number of thioether (sulfide) groups is 1. The van der Waals surface area contributed by atoms with Gasteiger partial charge in [0.25, 0.3) is 0 Å². The van der Waals surface area contributed by atoms with Crippen molar-refractivity contribution in [3.8, 4) is 5.75 Å². The van der Waals surface area contributed by atoms with Crippen LogP contribution in [-0.2, 0) is 4.79 Å². The van der Waals surface area contributed by atoms with Crippen LogP contribution in [0.4, 0.5) is 0 Å². The number of ether oxygens (including phenoxy) is 1. The summed E-state index contributed by atoms with van der Waals surface area (Å²) < 4.78 is 6.67. The van der Waals surface area contributed by atoms with Crippen LogP contribution in [0.2, 0.25) is 0 Å². The second-order valence-corrected chi connectivity index (χ2v) is 7.78. The van der Waals surface area contributed by atoms with Crippen LogP contribution in [0.25, 0.3) is 0 Å². The minimum Gasteiger partial charge on any atom is -0.491 e. The second-order valence-electron chi connectivity index (χ2n) is 5.38. The number of hydrogen-bond acceptors (Lipinski definition) is 6. The highest BCUT2D eigenvalue weighted by Crippen LogP contribution is 2.23. The van der Waals surface area contributed by atoms with Crippen LogP contribution in [0.15, 0.2) is 22.5 Å². The lowest BCUT2D eigenvalue weighted by Crippen LogP contribution is -2.37. The maximum atomic E-state index is 11.9. The topological polar surface area (TPSA) is 64.1 Å². The molecule has 0 radical (unpaired) electrons. The zero-order valence-corrected chi connectivity index (χ0v) is 15.4. The normalized spacial score (nSPS) is 12.0. The van der Waals surface area contributed by atoms with Crippen molar-refractivity contribution in [2.24, 2.45) is 0 Å². The highest BCUT2D eigenvalue weighted by molar-refractivity contribution is 8.01. The zero-order valence-electron chi connectivity index (χ0n) is 13.8. The first-order chi connectivity index (χ1) is 11.0. The summed E-state index contributed by atoms with van der Waals surface area (Å²) in [6.45, 7) is 8.32. The fourth-order valence-electron chi connectivity index (χ4n) is 2.06. The summed E-state index contributed by atoms with van der Waals surface area (Å²) in [5.41, 5.74) is 2.21. The summed E-state index contributed by atoms with van der Waals surface area (Å²) >= 11 is 2.90. The number of aromatic nitrogens is 2. The lowest BCUT2D eigenvalue weighted by atomic mass is 10.1. The Kier molecular flexibility index (Phi) is 6.41. The molecule has 1 amide bonds. The molecule has 0 bridgehead atoms. The van der Waals surface area contributed by atoms with Gasteiger partial charge in [-0.25, -0.2) is 0 Å². The van der Waals surface area contributed by atoms with E-state index in [-0.39, 0.29) is 11.9 Å². The predicted molar refractivity (Wildman–Crippen MR) is 94.4 cm³/mol. The fraction of sp³-hybridized carbons (Fsp3) is 0.438. The number of carbonyl (C=O) groups excluding carboxylic acids is 1. The van der Waals surface area contributed by atoms with Gasteiger partial charge < -0.3 is 10.1 Å². The Morgan fingerprint density at radius 3 is 2.61 bits per heavy atom. The van der Waals surface area contributed by atoms with Gasteiger partial charge in [0, 0.05) is 0 Å². The Labute approximate surface area is 144 Å². The summed E-state index contributed by atoms with van der Waals surface area (Å²) in [6.07, 6.45) is 0. The van der Waals surface area contributed by atoms with Gasteiger partial charge in [0.1, 0.15) is 17.4 Å². The van der Waals surface area contributed by atoms with E-state index in [9.17, 15) is 4.79 Å². The van der Waals surface area contributed by atoms with Crippen molar-refractivity contribution in [2.75, 3.05) is 12.4 Å². The molecule has 0 aliphatic carbocycles. The summed E-state index contributed by atoms with van der Waals surface area (Å²) in [6, 6.07) is 5.99. The van der Waals surface area contributed by atoms with Crippen LogP contribution in [0.3, 0.4) is 0 Å². The van der Waals surface area contributed by atoms with Crippen LogP contribution in [-0.4, -0.2) is 34.5 Å². The fourth-order valence-corrected chi connectivity index (χ4v) is 3.68. The number of aryl methyl sites for hydroxylation is 3. The van der Waals surface area contributed by atoms with Crippen molar-refractivity contribution in [3.63, 3.8) is 0 Å². The average Bonchev–Trinajstić information content (AvgIpc) is 2.90. The molecule has 2 rings (SSSR count). The van der Waals surface area contributed by atoms with E-state index in [1.807, 2.05) is 45.9 Å². The summed E-state index contributed by atoms with van der Waals surface area (Å²) in [5.74, 6) is 1.20. The Morgan fingerprint density at radius 1 is 1.30 bits per heavy atom. The van der Waals surface area contributed by atoms with E-state index in [0.717, 1.165) is 26.2 Å². The first-order valence-electron chi connectivity index (χ1n) is 7.37. The summed E-state index contributed by atoms with van der Waals surface area (Å²) in [5, 5.41) is 11.8. The van der Waals surface area contributed by atoms with E-state index >= 15 is 0 Å². The highest BCUT2D eigenvalue weighted by Gasteiger charge is 2.11. The number of nitrogens with one attached hydrogen (secondary N) is 1. The lowest BCUT2D eigenvalue weighted by molar-refractivity contribution is -0.119. The first-order valence-corrected chi connectivity index (χ1v) is 9.17. The van der Waals surface area contributed by atoms with Crippen LogP contribution < -0.4 is 10.1 Å². The minimum absolute atomic E-state index is 0.0274. The van der Waals surface area contributed by atoms with Gasteiger partial charge in [-0.05, 0) is 38.8 Å². The molecule has 23 heavy (non-hydrogen) atoms. The lowest BCUT2D eigenvalue weighted by Gasteiger charge is -2.17. The van der Waals surface area contributed by atoms with Crippen molar-refractivity contribution >= 4 is 29.0 Å². The summed E-state index contributed by atoms with van der Waals surface area (Å²) in [7, 11) is 0. The third-order valence-corrected chi connectivity index (χ3v) is 5.10. The van der Waals surface area contributed by atoms with Gasteiger partial charge in [-0.2, -0.15) is 0 Å². The van der Waals surface area contributed by atoms with Gasteiger partial charge in [0.2, 0.25) is 5.91 Å². The largest absolute Gasteiger partial charge is 0.491 e. The van der Waals surface area contributed by atoms with Crippen molar-refractivity contribution in [2.45, 2.75) is 38.1 Å². The number of para-hydroxylation sites is 1. The van der Waals surface area contributed by atoms with Gasteiger partial charge in [-0.1, -0.05) is 41.3 Å². The third-order valence-electron chi connectivity index (χ3n) is 3.13. The smallest absolute Gasteiger partial charge is 0.230 e. The number of amides is 1. The molecule has 1 N–H and O–H groups in total. The van der Waals surface area contributed by atoms with Crippen LogP contribution >= 0.6 is 23.1 Å². The Balaban J connectivity index is 1.75. The van der Waals surface area contributed by atoms with Gasteiger partial charge in [-0.3, -0.25) is 4.79 Å². The van der Waals surface area contributed by atoms with E-state index in [1.165, 1.54) is 23.1 Å². The van der Waals surface area contributed by atoms with E-state index in [2.05, 4.69) is 15.5 Å². The molecule has 5 nitrogen and oxygen atoms in total. The molecule has 0 unspecified atom stereocenters. The first kappa shape index (κ1) is 17.7. The summed E-state index contributed by atoms with van der Waals surface area (Å²) in [4.78, 5) is 11.9. The SMILES string of the molecule is Cc1nnc(SCC(=O)N[C@H](C)COc2c(C)cccc2C)s1. The number of carbonyl (C=O) groups is 1. The molecule has 0 fully saturated rings.